The Kier molecular flexibility index (Phi) is 3.60. The summed E-state index contributed by atoms with van der Waals surface area (Å²) in [5.74, 6) is -1.87. The van der Waals surface area contributed by atoms with Gasteiger partial charge in [0.2, 0.25) is 11.7 Å². The average molecular weight is 276 g/mol. The largest absolute Gasteiger partial charge is 0.436 e. The lowest BCUT2D eigenvalue weighted by molar-refractivity contribution is 0.405. The first-order chi connectivity index (χ1) is 9.72. The number of nitrogens with one attached hydrogen (secondary N) is 1. The summed E-state index contributed by atoms with van der Waals surface area (Å²) in [6, 6.07) is 7.93. The van der Waals surface area contributed by atoms with E-state index >= 15 is 0 Å². The maximum Gasteiger partial charge on any atom is 0.219 e. The van der Waals surface area contributed by atoms with Crippen LogP contribution in [0.1, 0.15) is 18.4 Å². The summed E-state index contributed by atoms with van der Waals surface area (Å²) in [5, 5.41) is 3.37. The molecule has 1 fully saturated rings. The first-order valence-electron chi connectivity index (χ1n) is 6.52. The standard InChI is InChI=1S/C15H14F2N2O/c16-12-2-1-3-13(15(12)17)20-14-7-4-10(9-19-14)8-18-11-5-6-11/h1-4,7,9,11,18H,5-6,8H2. The average Bonchev–Trinajstić information content (AvgIpc) is 3.27. The molecule has 0 spiro atoms. The van der Waals surface area contributed by atoms with Crippen molar-refractivity contribution < 1.29 is 13.5 Å². The van der Waals surface area contributed by atoms with E-state index in [1.807, 2.05) is 6.07 Å². The summed E-state index contributed by atoms with van der Waals surface area (Å²) in [7, 11) is 0. The SMILES string of the molecule is Fc1cccc(Oc2ccc(CNC3CC3)cn2)c1F. The summed E-state index contributed by atoms with van der Waals surface area (Å²) in [6.45, 7) is 0.756. The second kappa shape index (κ2) is 5.54. The predicted molar refractivity (Wildman–Crippen MR) is 70.5 cm³/mol. The van der Waals surface area contributed by atoms with Crippen molar-refractivity contribution in [3.05, 3.63) is 53.7 Å². The summed E-state index contributed by atoms with van der Waals surface area (Å²) < 4.78 is 31.7. The number of rotatable bonds is 5. The molecule has 1 aromatic heterocycles. The van der Waals surface area contributed by atoms with Gasteiger partial charge in [-0.3, -0.25) is 0 Å². The van der Waals surface area contributed by atoms with Crippen LogP contribution in [-0.2, 0) is 6.54 Å². The van der Waals surface area contributed by atoms with Crippen LogP contribution in [0.4, 0.5) is 8.78 Å². The van der Waals surface area contributed by atoms with E-state index in [0.29, 0.717) is 6.04 Å². The number of hydrogen-bond donors (Lipinski definition) is 1. The molecule has 2 aromatic rings. The van der Waals surface area contributed by atoms with Gasteiger partial charge in [0, 0.05) is 24.8 Å². The normalized spacial score (nSPS) is 14.3. The lowest BCUT2D eigenvalue weighted by Crippen LogP contribution is -2.15. The van der Waals surface area contributed by atoms with E-state index in [-0.39, 0.29) is 11.6 Å². The van der Waals surface area contributed by atoms with Gasteiger partial charge in [-0.05, 0) is 30.5 Å². The van der Waals surface area contributed by atoms with Gasteiger partial charge in [0.25, 0.3) is 0 Å². The Morgan fingerprint density at radius 3 is 2.75 bits per heavy atom. The highest BCUT2D eigenvalue weighted by Crippen LogP contribution is 2.24. The lowest BCUT2D eigenvalue weighted by atomic mass is 10.3. The van der Waals surface area contributed by atoms with E-state index in [1.165, 1.54) is 25.0 Å². The monoisotopic (exact) mass is 276 g/mol. The van der Waals surface area contributed by atoms with Crippen molar-refractivity contribution in [1.29, 1.82) is 0 Å². The molecule has 104 valence electrons. The highest BCUT2D eigenvalue weighted by molar-refractivity contribution is 5.30. The van der Waals surface area contributed by atoms with Gasteiger partial charge < -0.3 is 10.1 Å². The van der Waals surface area contributed by atoms with Gasteiger partial charge in [-0.2, -0.15) is 4.39 Å². The Balaban J connectivity index is 1.66. The third kappa shape index (κ3) is 3.11. The first kappa shape index (κ1) is 13.0. The van der Waals surface area contributed by atoms with E-state index in [9.17, 15) is 8.78 Å². The van der Waals surface area contributed by atoms with Crippen LogP contribution in [0.5, 0.6) is 11.6 Å². The zero-order valence-electron chi connectivity index (χ0n) is 10.8. The van der Waals surface area contributed by atoms with E-state index in [1.54, 1.807) is 12.3 Å². The quantitative estimate of drug-likeness (QED) is 0.908. The highest BCUT2D eigenvalue weighted by atomic mass is 19.2. The predicted octanol–water partition coefficient (Wildman–Crippen LogP) is 3.40. The van der Waals surface area contributed by atoms with E-state index < -0.39 is 11.6 Å². The Labute approximate surface area is 115 Å². The Bertz CT molecular complexity index is 597. The smallest absolute Gasteiger partial charge is 0.219 e. The summed E-state index contributed by atoms with van der Waals surface area (Å²) in [6.07, 6.45) is 4.13. The maximum atomic E-state index is 13.4. The molecule has 1 aromatic carbocycles. The fourth-order valence-electron chi connectivity index (χ4n) is 1.80. The molecule has 3 nitrogen and oxygen atoms in total. The van der Waals surface area contributed by atoms with Crippen LogP contribution >= 0.6 is 0 Å². The Morgan fingerprint density at radius 2 is 2.05 bits per heavy atom. The molecule has 0 unspecified atom stereocenters. The van der Waals surface area contributed by atoms with Crippen molar-refractivity contribution in [2.45, 2.75) is 25.4 Å². The van der Waals surface area contributed by atoms with Crippen molar-refractivity contribution in [2.24, 2.45) is 0 Å². The topological polar surface area (TPSA) is 34.1 Å². The van der Waals surface area contributed by atoms with Crippen molar-refractivity contribution in [3.8, 4) is 11.6 Å². The molecule has 0 atom stereocenters. The van der Waals surface area contributed by atoms with Gasteiger partial charge in [0.1, 0.15) is 0 Å². The molecule has 20 heavy (non-hydrogen) atoms. The van der Waals surface area contributed by atoms with Gasteiger partial charge >= 0.3 is 0 Å². The van der Waals surface area contributed by atoms with Crippen molar-refractivity contribution in [1.82, 2.24) is 10.3 Å². The fourth-order valence-corrected chi connectivity index (χ4v) is 1.80. The molecule has 3 rings (SSSR count). The number of hydrogen-bond acceptors (Lipinski definition) is 3. The molecular formula is C15H14F2N2O. The fraction of sp³-hybridized carbons (Fsp3) is 0.267. The number of ether oxygens (including phenoxy) is 1. The van der Waals surface area contributed by atoms with Crippen LogP contribution in [0.3, 0.4) is 0 Å². The highest BCUT2D eigenvalue weighted by Gasteiger charge is 2.19. The number of pyridine rings is 1. The third-order valence-corrected chi connectivity index (χ3v) is 3.10. The third-order valence-electron chi connectivity index (χ3n) is 3.10. The summed E-state index contributed by atoms with van der Waals surface area (Å²) >= 11 is 0. The zero-order valence-corrected chi connectivity index (χ0v) is 10.8. The zero-order chi connectivity index (χ0) is 13.9. The van der Waals surface area contributed by atoms with Crippen LogP contribution in [-0.4, -0.2) is 11.0 Å². The molecular weight excluding hydrogens is 262 g/mol. The molecule has 0 radical (unpaired) electrons. The minimum Gasteiger partial charge on any atom is -0.436 e. The van der Waals surface area contributed by atoms with Crippen LogP contribution in [0.15, 0.2) is 36.5 Å². The maximum absolute atomic E-state index is 13.4. The molecule has 0 aliphatic heterocycles. The molecule has 5 heteroatoms. The van der Waals surface area contributed by atoms with Crippen molar-refractivity contribution in [3.63, 3.8) is 0 Å². The van der Waals surface area contributed by atoms with E-state index in [0.717, 1.165) is 18.2 Å². The van der Waals surface area contributed by atoms with Gasteiger partial charge in [-0.25, -0.2) is 9.37 Å². The van der Waals surface area contributed by atoms with Crippen LogP contribution < -0.4 is 10.1 Å². The van der Waals surface area contributed by atoms with Gasteiger partial charge in [0.15, 0.2) is 11.6 Å². The Morgan fingerprint density at radius 1 is 1.20 bits per heavy atom. The molecule has 0 amide bonds. The molecule has 0 bridgehead atoms. The van der Waals surface area contributed by atoms with Gasteiger partial charge in [-0.15, -0.1) is 0 Å². The number of benzene rings is 1. The van der Waals surface area contributed by atoms with Gasteiger partial charge in [0.05, 0.1) is 0 Å². The van der Waals surface area contributed by atoms with E-state index in [2.05, 4.69) is 10.3 Å². The number of halogens is 2. The molecule has 1 aliphatic rings. The lowest BCUT2D eigenvalue weighted by Gasteiger charge is -2.07. The van der Waals surface area contributed by atoms with Crippen LogP contribution in [0.2, 0.25) is 0 Å². The van der Waals surface area contributed by atoms with Crippen molar-refractivity contribution >= 4 is 0 Å². The molecule has 1 aliphatic carbocycles. The van der Waals surface area contributed by atoms with Crippen molar-refractivity contribution in [2.75, 3.05) is 0 Å². The second-order valence-corrected chi connectivity index (χ2v) is 4.81. The van der Waals surface area contributed by atoms with Crippen LogP contribution in [0, 0.1) is 11.6 Å². The molecule has 1 saturated carbocycles. The minimum absolute atomic E-state index is 0.165. The van der Waals surface area contributed by atoms with E-state index in [4.69, 9.17) is 4.74 Å². The second-order valence-electron chi connectivity index (χ2n) is 4.81. The van der Waals surface area contributed by atoms with Crippen LogP contribution in [0.25, 0.3) is 0 Å². The Hall–Kier alpha value is -2.01. The first-order valence-corrected chi connectivity index (χ1v) is 6.52. The molecule has 0 saturated heterocycles. The minimum atomic E-state index is -1.01. The van der Waals surface area contributed by atoms with Gasteiger partial charge in [-0.1, -0.05) is 12.1 Å². The molecule has 1 N–H and O–H groups in total. The summed E-state index contributed by atoms with van der Waals surface area (Å²) in [4.78, 5) is 4.09. The number of nitrogens with zero attached hydrogens (tertiary/aromatic N) is 1. The summed E-state index contributed by atoms with van der Waals surface area (Å²) in [5.41, 5.74) is 1.03. The molecule has 1 heterocycles. The number of aromatic nitrogens is 1.